The number of carboxylic acids is 1. The maximum Gasteiger partial charge on any atom is 0.340 e. The number of carboxylic acid groups (broad SMARTS) is 1. The van der Waals surface area contributed by atoms with Crippen molar-refractivity contribution in [2.24, 2.45) is 0 Å². The third-order valence-corrected chi connectivity index (χ3v) is 2.43. The second kappa shape index (κ2) is 5.77. The molecule has 6 nitrogen and oxygen atoms in total. The predicted octanol–water partition coefficient (Wildman–Crippen LogP) is 1.48. The second-order valence-corrected chi connectivity index (χ2v) is 3.31. The van der Waals surface area contributed by atoms with Gasteiger partial charge in [0.2, 0.25) is 0 Å². The van der Waals surface area contributed by atoms with E-state index in [1.165, 1.54) is 27.4 Å². The maximum atomic E-state index is 11.3. The van der Waals surface area contributed by atoms with E-state index in [0.717, 1.165) is 0 Å². The van der Waals surface area contributed by atoms with Crippen molar-refractivity contribution in [3.05, 3.63) is 17.2 Å². The van der Waals surface area contributed by atoms with Crippen molar-refractivity contribution in [1.29, 1.82) is 5.26 Å². The van der Waals surface area contributed by atoms with Gasteiger partial charge in [-0.2, -0.15) is 5.26 Å². The number of aromatic carboxylic acids is 1. The smallest absolute Gasteiger partial charge is 0.340 e. The lowest BCUT2D eigenvalue weighted by atomic mass is 10.0. The first-order valence-electron chi connectivity index (χ1n) is 5.02. The summed E-state index contributed by atoms with van der Waals surface area (Å²) in [6, 6.07) is 3.40. The average Bonchev–Trinajstić information content (AvgIpc) is 2.37. The Hall–Kier alpha value is -2.42. The fourth-order valence-electron chi connectivity index (χ4n) is 1.67. The summed E-state index contributed by atoms with van der Waals surface area (Å²) in [7, 11) is 4.13. The summed E-state index contributed by atoms with van der Waals surface area (Å²) >= 11 is 0. The molecule has 0 atom stereocenters. The molecule has 1 aromatic rings. The Morgan fingerprint density at radius 2 is 1.89 bits per heavy atom. The van der Waals surface area contributed by atoms with Gasteiger partial charge in [-0.25, -0.2) is 4.79 Å². The molecule has 0 aliphatic heterocycles. The molecular weight excluding hydrogens is 238 g/mol. The zero-order valence-electron chi connectivity index (χ0n) is 10.3. The number of rotatable bonds is 5. The van der Waals surface area contributed by atoms with Crippen LogP contribution in [-0.4, -0.2) is 32.4 Å². The molecular formula is C12H13NO5. The molecule has 0 bridgehead atoms. The molecule has 0 saturated carbocycles. The first-order chi connectivity index (χ1) is 8.60. The number of hydrogen-bond donors (Lipinski definition) is 1. The van der Waals surface area contributed by atoms with Crippen molar-refractivity contribution in [1.82, 2.24) is 0 Å². The zero-order chi connectivity index (χ0) is 13.7. The molecule has 0 spiro atoms. The molecule has 0 heterocycles. The fraction of sp³-hybridized carbons (Fsp3) is 0.333. The Balaban J connectivity index is 3.66. The van der Waals surface area contributed by atoms with Crippen molar-refractivity contribution < 1.29 is 24.1 Å². The van der Waals surface area contributed by atoms with Crippen LogP contribution in [0.2, 0.25) is 0 Å². The van der Waals surface area contributed by atoms with E-state index in [9.17, 15) is 9.90 Å². The molecule has 1 N–H and O–H groups in total. The SMILES string of the molecule is COc1cc(OC)c(OC)c(C(=O)O)c1CC#N. The van der Waals surface area contributed by atoms with Crippen LogP contribution >= 0.6 is 0 Å². The van der Waals surface area contributed by atoms with Gasteiger partial charge in [0, 0.05) is 11.6 Å². The van der Waals surface area contributed by atoms with E-state index >= 15 is 0 Å². The predicted molar refractivity (Wildman–Crippen MR) is 62.4 cm³/mol. The van der Waals surface area contributed by atoms with Gasteiger partial charge in [0.05, 0.1) is 33.8 Å². The van der Waals surface area contributed by atoms with E-state index in [1.807, 2.05) is 6.07 Å². The van der Waals surface area contributed by atoms with Crippen molar-refractivity contribution in [2.45, 2.75) is 6.42 Å². The minimum atomic E-state index is -1.20. The highest BCUT2D eigenvalue weighted by Gasteiger charge is 2.24. The summed E-state index contributed by atoms with van der Waals surface area (Å²) in [6.45, 7) is 0. The Labute approximate surface area is 104 Å². The third kappa shape index (κ3) is 2.30. The minimum absolute atomic E-state index is 0.0797. The number of methoxy groups -OCH3 is 3. The molecule has 0 fully saturated rings. The van der Waals surface area contributed by atoms with Crippen LogP contribution in [0.5, 0.6) is 17.2 Å². The van der Waals surface area contributed by atoms with Gasteiger partial charge >= 0.3 is 5.97 Å². The van der Waals surface area contributed by atoms with E-state index in [2.05, 4.69) is 0 Å². The maximum absolute atomic E-state index is 11.3. The third-order valence-electron chi connectivity index (χ3n) is 2.43. The number of hydrogen-bond acceptors (Lipinski definition) is 5. The zero-order valence-corrected chi connectivity index (χ0v) is 10.3. The minimum Gasteiger partial charge on any atom is -0.496 e. The molecule has 0 unspecified atom stereocenters. The topological polar surface area (TPSA) is 88.8 Å². The molecule has 0 aliphatic rings. The first kappa shape index (κ1) is 13.6. The van der Waals surface area contributed by atoms with Gasteiger partial charge in [-0.1, -0.05) is 0 Å². The molecule has 96 valence electrons. The molecule has 0 aromatic heterocycles. The van der Waals surface area contributed by atoms with E-state index in [0.29, 0.717) is 0 Å². The Bertz CT molecular complexity index is 504. The average molecular weight is 251 g/mol. The van der Waals surface area contributed by atoms with Crippen LogP contribution in [0.15, 0.2) is 6.07 Å². The van der Waals surface area contributed by atoms with E-state index in [-0.39, 0.29) is 34.8 Å². The highest BCUT2D eigenvalue weighted by molar-refractivity contribution is 5.95. The summed E-state index contributed by atoms with van der Waals surface area (Å²) in [5, 5.41) is 18.0. The summed E-state index contributed by atoms with van der Waals surface area (Å²) in [4.78, 5) is 11.3. The van der Waals surface area contributed by atoms with Crippen LogP contribution in [0, 0.1) is 11.3 Å². The summed E-state index contributed by atoms with van der Waals surface area (Å²) < 4.78 is 15.2. The summed E-state index contributed by atoms with van der Waals surface area (Å²) in [5.41, 5.74) is 0.153. The van der Waals surface area contributed by atoms with E-state index in [4.69, 9.17) is 19.5 Å². The number of nitriles is 1. The van der Waals surface area contributed by atoms with Gasteiger partial charge in [-0.05, 0) is 0 Å². The number of benzene rings is 1. The summed E-state index contributed by atoms with van der Waals surface area (Å²) in [5.74, 6) is -0.592. The molecule has 6 heteroatoms. The van der Waals surface area contributed by atoms with Gasteiger partial charge in [0.1, 0.15) is 11.3 Å². The van der Waals surface area contributed by atoms with Crippen LogP contribution in [-0.2, 0) is 6.42 Å². The van der Waals surface area contributed by atoms with Crippen LogP contribution in [0.1, 0.15) is 15.9 Å². The molecule has 0 amide bonds. The van der Waals surface area contributed by atoms with Crippen LogP contribution < -0.4 is 14.2 Å². The highest BCUT2D eigenvalue weighted by atomic mass is 16.5. The first-order valence-corrected chi connectivity index (χ1v) is 5.02. The molecule has 0 aliphatic carbocycles. The van der Waals surface area contributed by atoms with Crippen LogP contribution in [0.25, 0.3) is 0 Å². The molecule has 0 saturated heterocycles. The van der Waals surface area contributed by atoms with Gasteiger partial charge in [-0.3, -0.25) is 0 Å². The Morgan fingerprint density at radius 1 is 1.28 bits per heavy atom. The quantitative estimate of drug-likeness (QED) is 0.852. The number of carbonyl (C=O) groups is 1. The van der Waals surface area contributed by atoms with Gasteiger partial charge in [0.25, 0.3) is 0 Å². The standard InChI is InChI=1S/C12H13NO5/c1-16-8-6-9(17-2)11(18-3)10(12(14)15)7(8)4-5-13/h6H,4H2,1-3H3,(H,14,15). The number of nitrogens with zero attached hydrogens (tertiary/aromatic N) is 1. The highest BCUT2D eigenvalue weighted by Crippen LogP contribution is 2.39. The van der Waals surface area contributed by atoms with Gasteiger partial charge in [0.15, 0.2) is 11.5 Å². The van der Waals surface area contributed by atoms with Crippen molar-refractivity contribution in [2.75, 3.05) is 21.3 Å². The van der Waals surface area contributed by atoms with Crippen molar-refractivity contribution in [3.8, 4) is 23.3 Å². The molecule has 1 aromatic carbocycles. The van der Waals surface area contributed by atoms with Crippen LogP contribution in [0.3, 0.4) is 0 Å². The monoisotopic (exact) mass is 251 g/mol. The molecule has 0 radical (unpaired) electrons. The van der Waals surface area contributed by atoms with Crippen molar-refractivity contribution in [3.63, 3.8) is 0 Å². The number of ether oxygens (including phenoxy) is 3. The van der Waals surface area contributed by atoms with Gasteiger partial charge in [-0.15, -0.1) is 0 Å². The van der Waals surface area contributed by atoms with E-state index < -0.39 is 5.97 Å². The van der Waals surface area contributed by atoms with Gasteiger partial charge < -0.3 is 19.3 Å². The lowest BCUT2D eigenvalue weighted by Crippen LogP contribution is -2.08. The molecule has 1 rings (SSSR count). The van der Waals surface area contributed by atoms with Crippen molar-refractivity contribution >= 4 is 5.97 Å². The lowest BCUT2D eigenvalue weighted by Gasteiger charge is -2.16. The second-order valence-electron chi connectivity index (χ2n) is 3.31. The Morgan fingerprint density at radius 3 is 2.28 bits per heavy atom. The normalized spacial score (nSPS) is 9.44. The molecule has 18 heavy (non-hydrogen) atoms. The Kier molecular flexibility index (Phi) is 4.38. The largest absolute Gasteiger partial charge is 0.496 e. The summed E-state index contributed by atoms with van der Waals surface area (Å²) in [6.07, 6.45) is -0.0921. The lowest BCUT2D eigenvalue weighted by molar-refractivity contribution is 0.0691. The van der Waals surface area contributed by atoms with E-state index in [1.54, 1.807) is 0 Å². The van der Waals surface area contributed by atoms with Crippen LogP contribution in [0.4, 0.5) is 0 Å². The fourth-order valence-corrected chi connectivity index (χ4v) is 1.67.